The van der Waals surface area contributed by atoms with Crippen LogP contribution in [0.15, 0.2) is 30.3 Å². The second kappa shape index (κ2) is 8.64. The Kier molecular flexibility index (Phi) is 6.55. The highest BCUT2D eigenvalue weighted by atomic mass is 16.4. The average molecular weight is 319 g/mol. The van der Waals surface area contributed by atoms with Crippen LogP contribution in [-0.2, 0) is 16.1 Å². The summed E-state index contributed by atoms with van der Waals surface area (Å²) < 4.78 is 0. The predicted molar refractivity (Wildman–Crippen MR) is 87.7 cm³/mol. The number of rotatable bonds is 8. The van der Waals surface area contributed by atoms with Gasteiger partial charge in [-0.25, -0.2) is 0 Å². The van der Waals surface area contributed by atoms with Crippen LogP contribution >= 0.6 is 0 Å². The number of carbonyl (C=O) groups is 2. The number of amides is 1. The average Bonchev–Trinajstić information content (AvgIpc) is 2.51. The molecular formula is C17H25N3O3. The van der Waals surface area contributed by atoms with E-state index in [0.717, 1.165) is 26.1 Å². The van der Waals surface area contributed by atoms with Crippen LogP contribution in [0.5, 0.6) is 0 Å². The van der Waals surface area contributed by atoms with Gasteiger partial charge in [0.2, 0.25) is 5.91 Å². The standard InChI is InChI=1S/C17H25N3O3/c18-16(21)12-20-10-14(6-7-17(22)23)8-15(11-20)19-9-13-4-2-1-3-5-13/h1-5,14-15,19H,6-12H2,(H2,18,21)(H,22,23). The zero-order valence-electron chi connectivity index (χ0n) is 13.3. The van der Waals surface area contributed by atoms with E-state index in [1.807, 2.05) is 23.1 Å². The lowest BCUT2D eigenvalue weighted by molar-refractivity contribution is -0.137. The van der Waals surface area contributed by atoms with Crippen molar-refractivity contribution in [2.45, 2.75) is 31.8 Å². The molecule has 1 aliphatic rings. The van der Waals surface area contributed by atoms with Crippen LogP contribution in [0.3, 0.4) is 0 Å². The van der Waals surface area contributed by atoms with Gasteiger partial charge in [0.15, 0.2) is 0 Å². The second-order valence-corrected chi connectivity index (χ2v) is 6.26. The summed E-state index contributed by atoms with van der Waals surface area (Å²) in [7, 11) is 0. The summed E-state index contributed by atoms with van der Waals surface area (Å²) in [6.45, 7) is 2.49. The summed E-state index contributed by atoms with van der Waals surface area (Å²) >= 11 is 0. The number of hydrogen-bond donors (Lipinski definition) is 3. The first-order chi connectivity index (χ1) is 11.0. The summed E-state index contributed by atoms with van der Waals surface area (Å²) in [5.74, 6) is -0.844. The van der Waals surface area contributed by atoms with Crippen molar-refractivity contribution in [3.05, 3.63) is 35.9 Å². The third kappa shape index (κ3) is 6.38. The van der Waals surface area contributed by atoms with Crippen molar-refractivity contribution in [2.24, 2.45) is 11.7 Å². The largest absolute Gasteiger partial charge is 0.481 e. The molecule has 2 atom stereocenters. The number of aliphatic carboxylic acids is 1. The first kappa shape index (κ1) is 17.4. The minimum absolute atomic E-state index is 0.167. The number of carboxylic acids is 1. The number of benzene rings is 1. The fourth-order valence-electron chi connectivity index (χ4n) is 3.19. The fraction of sp³-hybridized carbons (Fsp3) is 0.529. The minimum Gasteiger partial charge on any atom is -0.481 e. The number of nitrogens with zero attached hydrogens (tertiary/aromatic N) is 1. The lowest BCUT2D eigenvalue weighted by Crippen LogP contribution is -2.51. The highest BCUT2D eigenvalue weighted by Crippen LogP contribution is 2.21. The van der Waals surface area contributed by atoms with Crippen molar-refractivity contribution in [2.75, 3.05) is 19.6 Å². The molecule has 1 fully saturated rings. The van der Waals surface area contributed by atoms with Gasteiger partial charge in [-0.2, -0.15) is 0 Å². The molecule has 0 aliphatic carbocycles. The Balaban J connectivity index is 1.90. The topological polar surface area (TPSA) is 95.7 Å². The van der Waals surface area contributed by atoms with Crippen LogP contribution in [0.1, 0.15) is 24.8 Å². The number of hydrogen-bond acceptors (Lipinski definition) is 4. The first-order valence-electron chi connectivity index (χ1n) is 8.02. The Bertz CT molecular complexity index is 521. The van der Waals surface area contributed by atoms with Crippen LogP contribution in [0.2, 0.25) is 0 Å². The third-order valence-corrected chi connectivity index (χ3v) is 4.20. The Labute approximate surface area is 136 Å². The van der Waals surface area contributed by atoms with Gasteiger partial charge in [-0.1, -0.05) is 30.3 Å². The summed E-state index contributed by atoms with van der Waals surface area (Å²) in [6, 6.07) is 10.4. The van der Waals surface area contributed by atoms with Crippen molar-refractivity contribution in [3.63, 3.8) is 0 Å². The molecule has 2 unspecified atom stereocenters. The molecule has 0 aromatic heterocycles. The predicted octanol–water partition coefficient (Wildman–Crippen LogP) is 0.817. The van der Waals surface area contributed by atoms with Crippen molar-refractivity contribution in [1.82, 2.24) is 10.2 Å². The molecule has 1 heterocycles. The minimum atomic E-state index is -0.772. The number of nitrogens with two attached hydrogens (primary N) is 1. The quantitative estimate of drug-likeness (QED) is 0.659. The van der Waals surface area contributed by atoms with Gasteiger partial charge in [-0.05, 0) is 24.3 Å². The molecule has 1 amide bonds. The van der Waals surface area contributed by atoms with Crippen LogP contribution in [0.25, 0.3) is 0 Å². The van der Waals surface area contributed by atoms with E-state index in [0.29, 0.717) is 6.42 Å². The van der Waals surface area contributed by atoms with Crippen LogP contribution in [0.4, 0.5) is 0 Å². The Morgan fingerprint density at radius 2 is 2.00 bits per heavy atom. The van der Waals surface area contributed by atoms with E-state index in [1.165, 1.54) is 5.56 Å². The molecule has 2 rings (SSSR count). The van der Waals surface area contributed by atoms with Gasteiger partial charge in [-0.3, -0.25) is 14.5 Å². The monoisotopic (exact) mass is 319 g/mol. The molecule has 0 spiro atoms. The zero-order valence-corrected chi connectivity index (χ0v) is 13.3. The smallest absolute Gasteiger partial charge is 0.303 e. The van der Waals surface area contributed by atoms with Crippen LogP contribution in [-0.4, -0.2) is 47.6 Å². The summed E-state index contributed by atoms with van der Waals surface area (Å²) in [5.41, 5.74) is 6.52. The van der Waals surface area contributed by atoms with E-state index >= 15 is 0 Å². The van der Waals surface area contributed by atoms with E-state index in [-0.39, 0.29) is 30.8 Å². The number of nitrogens with one attached hydrogen (secondary N) is 1. The molecule has 1 saturated heterocycles. The Hall–Kier alpha value is -1.92. The van der Waals surface area contributed by atoms with E-state index in [1.54, 1.807) is 0 Å². The highest BCUT2D eigenvalue weighted by molar-refractivity contribution is 5.75. The molecule has 0 bridgehead atoms. The lowest BCUT2D eigenvalue weighted by atomic mass is 9.90. The summed E-state index contributed by atoms with van der Waals surface area (Å²) in [6.07, 6.45) is 1.73. The molecule has 23 heavy (non-hydrogen) atoms. The maximum absolute atomic E-state index is 11.2. The number of carboxylic acid groups (broad SMARTS) is 1. The van der Waals surface area contributed by atoms with Crippen molar-refractivity contribution in [3.8, 4) is 0 Å². The highest BCUT2D eigenvalue weighted by Gasteiger charge is 2.27. The van der Waals surface area contributed by atoms with Gasteiger partial charge in [0.25, 0.3) is 0 Å². The van der Waals surface area contributed by atoms with Crippen molar-refractivity contribution < 1.29 is 14.7 Å². The molecule has 126 valence electrons. The normalized spacial score (nSPS) is 21.9. The van der Waals surface area contributed by atoms with Crippen molar-refractivity contribution in [1.29, 1.82) is 0 Å². The number of primary amides is 1. The molecule has 0 radical (unpaired) electrons. The molecule has 1 aliphatic heterocycles. The lowest BCUT2D eigenvalue weighted by Gasteiger charge is -2.37. The fourth-order valence-corrected chi connectivity index (χ4v) is 3.19. The molecular weight excluding hydrogens is 294 g/mol. The maximum atomic E-state index is 11.2. The molecule has 6 nitrogen and oxygen atoms in total. The zero-order chi connectivity index (χ0) is 16.7. The van der Waals surface area contributed by atoms with Gasteiger partial charge < -0.3 is 16.2 Å². The summed E-state index contributed by atoms with van der Waals surface area (Å²) in [4.78, 5) is 24.0. The van der Waals surface area contributed by atoms with E-state index in [2.05, 4.69) is 17.4 Å². The van der Waals surface area contributed by atoms with E-state index in [4.69, 9.17) is 10.8 Å². The van der Waals surface area contributed by atoms with Gasteiger partial charge in [0.1, 0.15) is 0 Å². The number of carbonyl (C=O) groups excluding carboxylic acids is 1. The van der Waals surface area contributed by atoms with Gasteiger partial charge in [0, 0.05) is 32.1 Å². The Morgan fingerprint density at radius 1 is 1.26 bits per heavy atom. The maximum Gasteiger partial charge on any atom is 0.303 e. The van der Waals surface area contributed by atoms with Gasteiger partial charge in [0.05, 0.1) is 6.54 Å². The van der Waals surface area contributed by atoms with Crippen molar-refractivity contribution >= 4 is 11.9 Å². The van der Waals surface area contributed by atoms with Crippen LogP contribution < -0.4 is 11.1 Å². The number of piperidine rings is 1. The van der Waals surface area contributed by atoms with E-state index < -0.39 is 5.97 Å². The molecule has 6 heteroatoms. The molecule has 4 N–H and O–H groups in total. The first-order valence-corrected chi connectivity index (χ1v) is 8.02. The summed E-state index contributed by atoms with van der Waals surface area (Å²) in [5, 5.41) is 12.4. The molecule has 1 aromatic carbocycles. The number of likely N-dealkylation sites (tertiary alicyclic amines) is 1. The van der Waals surface area contributed by atoms with E-state index in [9.17, 15) is 9.59 Å². The third-order valence-electron chi connectivity index (χ3n) is 4.20. The second-order valence-electron chi connectivity index (χ2n) is 6.26. The molecule has 0 saturated carbocycles. The SMILES string of the molecule is NC(=O)CN1CC(CCC(=O)O)CC(NCc2ccccc2)C1. The Morgan fingerprint density at radius 3 is 2.65 bits per heavy atom. The van der Waals surface area contributed by atoms with Gasteiger partial charge >= 0.3 is 5.97 Å². The molecule has 1 aromatic rings. The van der Waals surface area contributed by atoms with Gasteiger partial charge in [-0.15, -0.1) is 0 Å². The van der Waals surface area contributed by atoms with Crippen LogP contribution in [0, 0.1) is 5.92 Å².